The topological polar surface area (TPSA) is 203 Å². The van der Waals surface area contributed by atoms with Crippen LogP contribution in [0.2, 0.25) is 0 Å². The molecule has 1 aliphatic rings. The molecule has 64 heavy (non-hydrogen) atoms. The molecule has 332 valence electrons. The van der Waals surface area contributed by atoms with Gasteiger partial charge in [-0.05, 0) is 90.5 Å². The number of phenolic OH excluding ortho intramolecular Hbond substituents is 1. The summed E-state index contributed by atoms with van der Waals surface area (Å²) < 4.78 is 11.6. The lowest BCUT2D eigenvalue weighted by molar-refractivity contribution is -0.164. The number of H-pyrrole nitrogens is 1. The number of fused-ring (bicyclic) bond motifs is 1. The van der Waals surface area contributed by atoms with Crippen LogP contribution in [0.3, 0.4) is 0 Å². The number of ether oxygens (including phenoxy) is 2. The number of phenols is 1. The number of nitrogens with one attached hydrogen (secondary N) is 4. The standard InChI is InChI=1S/C50H53N5O9/c56-43-20-18-41(42-19-21-45(58)54-47(42)43)44(57)30-51-29-34-14-16-37(17-15-34)48(60)53-25-24-52-46(59)33-63-40-13-7-12-39(28-40)50(62,38-10-5-2-6-11-38)49(61)64-32-36-22-26-55(27-23-36)31-35-8-3-1-4-9-35/h1-21,28,36,44,51,56-57,62H,22-27,29-33H2,(H,52,59)(H,53,60)(H,54,58)/t44-,50?/m0/s1. The second-order valence-corrected chi connectivity index (χ2v) is 15.9. The van der Waals surface area contributed by atoms with Gasteiger partial charge in [0, 0.05) is 55.3 Å². The summed E-state index contributed by atoms with van der Waals surface area (Å²) in [6.45, 7) is 3.45. The normalized spacial score (nSPS) is 14.6. The smallest absolute Gasteiger partial charge is 0.347 e. The highest BCUT2D eigenvalue weighted by Gasteiger charge is 2.42. The molecule has 1 aromatic heterocycles. The summed E-state index contributed by atoms with van der Waals surface area (Å²) in [7, 11) is 0. The maximum Gasteiger partial charge on any atom is 0.347 e. The molecule has 6 aromatic rings. The molecular formula is C50H53N5O9. The molecule has 1 unspecified atom stereocenters. The van der Waals surface area contributed by atoms with Crippen LogP contribution in [0.1, 0.15) is 57.1 Å². The Hall–Kier alpha value is -6.84. The van der Waals surface area contributed by atoms with Crippen LogP contribution in [-0.4, -0.2) is 88.9 Å². The Labute approximate surface area is 370 Å². The molecule has 0 aliphatic carbocycles. The largest absolute Gasteiger partial charge is 0.506 e. The van der Waals surface area contributed by atoms with Gasteiger partial charge in [0.1, 0.15) is 11.5 Å². The van der Waals surface area contributed by atoms with Gasteiger partial charge in [-0.2, -0.15) is 0 Å². The van der Waals surface area contributed by atoms with Gasteiger partial charge in [-0.25, -0.2) is 4.79 Å². The van der Waals surface area contributed by atoms with Crippen LogP contribution in [-0.2, 0) is 33.0 Å². The summed E-state index contributed by atoms with van der Waals surface area (Å²) in [6.07, 6.45) is 0.843. The Morgan fingerprint density at radius 2 is 1.50 bits per heavy atom. The van der Waals surface area contributed by atoms with Crippen molar-refractivity contribution in [1.29, 1.82) is 0 Å². The fourth-order valence-corrected chi connectivity index (χ4v) is 7.81. The van der Waals surface area contributed by atoms with Crippen molar-refractivity contribution in [1.82, 2.24) is 25.8 Å². The van der Waals surface area contributed by atoms with Crippen LogP contribution in [0.4, 0.5) is 0 Å². The summed E-state index contributed by atoms with van der Waals surface area (Å²) in [5, 5.41) is 42.3. The fraction of sp³-hybridized carbons (Fsp3) is 0.280. The third kappa shape index (κ3) is 11.6. The number of amides is 2. The van der Waals surface area contributed by atoms with Crippen LogP contribution >= 0.6 is 0 Å². The Bertz CT molecular complexity index is 2560. The third-order valence-electron chi connectivity index (χ3n) is 11.4. The van der Waals surface area contributed by atoms with Crippen molar-refractivity contribution in [2.24, 2.45) is 5.92 Å². The zero-order valence-electron chi connectivity index (χ0n) is 35.4. The van der Waals surface area contributed by atoms with Gasteiger partial charge in [-0.1, -0.05) is 91.0 Å². The second-order valence-electron chi connectivity index (χ2n) is 15.9. The number of aromatic nitrogens is 1. The summed E-state index contributed by atoms with van der Waals surface area (Å²) >= 11 is 0. The van der Waals surface area contributed by atoms with Gasteiger partial charge in [0.25, 0.3) is 11.8 Å². The molecule has 2 atom stereocenters. The number of carbonyl (C=O) groups is 3. The first kappa shape index (κ1) is 45.2. The summed E-state index contributed by atoms with van der Waals surface area (Å²) in [5.74, 6) is -1.17. The molecule has 2 heterocycles. The number of aromatic hydroxyl groups is 1. The number of carbonyl (C=O) groups excluding carboxylic acids is 3. The lowest BCUT2D eigenvalue weighted by Crippen LogP contribution is -2.40. The number of pyridine rings is 1. The van der Waals surface area contributed by atoms with Gasteiger partial charge in [0.05, 0.1) is 18.2 Å². The van der Waals surface area contributed by atoms with E-state index < -0.39 is 23.6 Å². The first-order valence-corrected chi connectivity index (χ1v) is 21.4. The summed E-state index contributed by atoms with van der Waals surface area (Å²) in [4.78, 5) is 56.0. The monoisotopic (exact) mass is 867 g/mol. The molecule has 5 aromatic carbocycles. The first-order chi connectivity index (χ1) is 31.1. The minimum Gasteiger partial charge on any atom is -0.506 e. The Balaban J connectivity index is 0.833. The van der Waals surface area contributed by atoms with Crippen molar-refractivity contribution >= 4 is 28.7 Å². The maximum absolute atomic E-state index is 13.8. The Morgan fingerprint density at radius 1 is 0.797 bits per heavy atom. The lowest BCUT2D eigenvalue weighted by Gasteiger charge is -2.33. The van der Waals surface area contributed by atoms with E-state index in [-0.39, 0.29) is 72.8 Å². The molecule has 0 bridgehead atoms. The molecule has 7 rings (SSSR count). The van der Waals surface area contributed by atoms with Gasteiger partial charge in [-0.3, -0.25) is 19.3 Å². The Kier molecular flexibility index (Phi) is 15.2. The number of aliphatic hydroxyl groups is 2. The fourth-order valence-electron chi connectivity index (χ4n) is 7.81. The van der Waals surface area contributed by atoms with Gasteiger partial charge in [-0.15, -0.1) is 0 Å². The van der Waals surface area contributed by atoms with E-state index in [1.54, 1.807) is 84.9 Å². The van der Waals surface area contributed by atoms with E-state index in [0.29, 0.717) is 28.6 Å². The number of hydrogen-bond donors (Lipinski definition) is 7. The van der Waals surface area contributed by atoms with Crippen LogP contribution in [0, 0.1) is 5.92 Å². The van der Waals surface area contributed by atoms with Crippen LogP contribution in [0.5, 0.6) is 11.5 Å². The van der Waals surface area contributed by atoms with Gasteiger partial charge in [0.2, 0.25) is 11.2 Å². The van der Waals surface area contributed by atoms with E-state index in [2.05, 4.69) is 38.0 Å². The van der Waals surface area contributed by atoms with Crippen molar-refractivity contribution < 1.29 is 39.2 Å². The van der Waals surface area contributed by atoms with Crippen molar-refractivity contribution in [3.05, 3.63) is 177 Å². The highest BCUT2D eigenvalue weighted by atomic mass is 16.5. The molecule has 14 heteroatoms. The average Bonchev–Trinajstić information content (AvgIpc) is 3.32. The third-order valence-corrected chi connectivity index (χ3v) is 11.4. The minimum atomic E-state index is -2.12. The van der Waals surface area contributed by atoms with Crippen molar-refractivity contribution in [2.45, 2.75) is 37.6 Å². The highest BCUT2D eigenvalue weighted by molar-refractivity contribution is 5.94. The number of nitrogens with zero attached hydrogens (tertiary/aromatic N) is 1. The molecule has 14 nitrogen and oxygen atoms in total. The number of esters is 1. The van der Waals surface area contributed by atoms with Gasteiger partial charge < -0.3 is 45.7 Å². The molecule has 1 aliphatic heterocycles. The molecule has 1 saturated heterocycles. The van der Waals surface area contributed by atoms with Crippen LogP contribution in [0.25, 0.3) is 10.9 Å². The number of piperidine rings is 1. The molecule has 0 saturated carbocycles. The summed E-state index contributed by atoms with van der Waals surface area (Å²) in [5.41, 5.74) is 1.51. The van der Waals surface area contributed by atoms with Gasteiger partial charge >= 0.3 is 5.97 Å². The predicted molar refractivity (Wildman–Crippen MR) is 241 cm³/mol. The van der Waals surface area contributed by atoms with E-state index in [9.17, 15) is 34.5 Å². The van der Waals surface area contributed by atoms with Gasteiger partial charge in [0.15, 0.2) is 6.61 Å². The van der Waals surface area contributed by atoms with Crippen molar-refractivity contribution in [3.63, 3.8) is 0 Å². The van der Waals surface area contributed by atoms with E-state index in [4.69, 9.17) is 9.47 Å². The SMILES string of the molecule is O=C(COc1cccc(C(O)(C(=O)OCC2CCN(Cc3ccccc3)CC2)c2ccccc2)c1)NCCNC(=O)c1ccc(CNC[C@H](O)c2ccc(O)c3[nH]c(=O)ccc23)cc1. The van der Waals surface area contributed by atoms with E-state index >= 15 is 0 Å². The zero-order valence-corrected chi connectivity index (χ0v) is 35.4. The molecule has 1 fully saturated rings. The number of aliphatic hydroxyl groups excluding tert-OH is 1. The Morgan fingerprint density at radius 3 is 2.25 bits per heavy atom. The molecular weight excluding hydrogens is 815 g/mol. The summed E-state index contributed by atoms with van der Waals surface area (Å²) in [6, 6.07) is 38.3. The van der Waals surface area contributed by atoms with Crippen LogP contribution < -0.4 is 26.2 Å². The zero-order chi connectivity index (χ0) is 44.9. The van der Waals surface area contributed by atoms with E-state index in [1.165, 1.54) is 23.8 Å². The maximum atomic E-state index is 13.8. The molecule has 0 radical (unpaired) electrons. The highest BCUT2D eigenvalue weighted by Crippen LogP contribution is 2.34. The quantitative estimate of drug-likeness (QED) is 0.0441. The molecule has 2 amide bonds. The lowest BCUT2D eigenvalue weighted by atomic mass is 9.86. The van der Waals surface area contributed by atoms with Crippen molar-refractivity contribution in [3.8, 4) is 11.5 Å². The first-order valence-electron chi connectivity index (χ1n) is 21.4. The van der Waals surface area contributed by atoms with Crippen molar-refractivity contribution in [2.75, 3.05) is 45.9 Å². The number of likely N-dealkylation sites (tertiary alicyclic amines) is 1. The number of benzene rings is 5. The number of aromatic amines is 1. The molecule has 0 spiro atoms. The minimum absolute atomic E-state index is 0.0798. The number of rotatable bonds is 19. The van der Waals surface area contributed by atoms with E-state index in [1.807, 2.05) is 18.2 Å². The second kappa shape index (κ2) is 21.5. The van der Waals surface area contributed by atoms with E-state index in [0.717, 1.165) is 38.0 Å². The molecule has 7 N–H and O–H groups in total. The number of hydrogen-bond acceptors (Lipinski definition) is 11. The van der Waals surface area contributed by atoms with Crippen LogP contribution in [0.15, 0.2) is 138 Å². The predicted octanol–water partition coefficient (Wildman–Crippen LogP) is 4.67. The average molecular weight is 868 g/mol.